The topological polar surface area (TPSA) is 52.6 Å². The molecule has 1 atom stereocenters. The Bertz CT molecular complexity index is 771. The minimum Gasteiger partial charge on any atom is -0.462 e. The molecule has 0 spiro atoms. The van der Waals surface area contributed by atoms with E-state index < -0.39 is 0 Å². The highest BCUT2D eigenvalue weighted by Gasteiger charge is 2.37. The summed E-state index contributed by atoms with van der Waals surface area (Å²) in [5.41, 5.74) is 0. The van der Waals surface area contributed by atoms with E-state index in [1.54, 1.807) is 0 Å². The summed E-state index contributed by atoms with van der Waals surface area (Å²) in [5.74, 6) is 5.55. The monoisotopic (exact) mass is 556 g/mol. The second-order valence-corrected chi connectivity index (χ2v) is 15.3. The molecule has 0 aromatic rings. The zero-order chi connectivity index (χ0) is 27.9. The number of rotatable bonds is 8. The van der Waals surface area contributed by atoms with Crippen molar-refractivity contribution in [3.63, 3.8) is 0 Å². The fraction of sp³-hybridized carbons (Fsp3) is 0.944. The van der Waals surface area contributed by atoms with Crippen molar-refractivity contribution < 1.29 is 19.1 Å². The van der Waals surface area contributed by atoms with Gasteiger partial charge in [-0.05, 0) is 131 Å². The van der Waals surface area contributed by atoms with E-state index in [0.717, 1.165) is 74.0 Å². The predicted octanol–water partition coefficient (Wildman–Crippen LogP) is 9.29. The summed E-state index contributed by atoms with van der Waals surface area (Å²) in [6, 6.07) is 0. The Morgan fingerprint density at radius 3 is 1.38 bits per heavy atom. The summed E-state index contributed by atoms with van der Waals surface area (Å²) < 4.78 is 12.2. The Kier molecular flexibility index (Phi) is 11.3. The van der Waals surface area contributed by atoms with Gasteiger partial charge in [-0.3, -0.25) is 9.59 Å². The molecule has 0 bridgehead atoms. The number of hydrogen-bond acceptors (Lipinski definition) is 4. The fourth-order valence-electron chi connectivity index (χ4n) is 9.47. The summed E-state index contributed by atoms with van der Waals surface area (Å²) in [6.45, 7) is 5.06. The highest BCUT2D eigenvalue weighted by atomic mass is 16.6. The van der Waals surface area contributed by atoms with Crippen molar-refractivity contribution in [2.75, 3.05) is 6.61 Å². The van der Waals surface area contributed by atoms with Gasteiger partial charge < -0.3 is 9.47 Å². The molecule has 0 aromatic heterocycles. The minimum absolute atomic E-state index is 0.00959. The number of hydrogen-bond donors (Lipinski definition) is 0. The summed E-state index contributed by atoms with van der Waals surface area (Å²) >= 11 is 0. The highest BCUT2D eigenvalue weighted by Crippen LogP contribution is 2.43. The Balaban J connectivity index is 1.07. The van der Waals surface area contributed by atoms with Gasteiger partial charge in [-0.25, -0.2) is 0 Å². The van der Waals surface area contributed by atoms with Gasteiger partial charge >= 0.3 is 11.9 Å². The van der Waals surface area contributed by atoms with Crippen LogP contribution in [0.5, 0.6) is 0 Å². The quantitative estimate of drug-likeness (QED) is 0.280. The third-order valence-corrected chi connectivity index (χ3v) is 12.5. The number of esters is 2. The lowest BCUT2D eigenvalue weighted by molar-refractivity contribution is -0.170. The second kappa shape index (κ2) is 14.9. The number of carbonyl (C=O) groups excluding carboxylic acids is 2. The normalized spacial score (nSPS) is 38.8. The molecule has 0 aliphatic heterocycles. The molecular weight excluding hydrogens is 496 g/mol. The van der Waals surface area contributed by atoms with Crippen molar-refractivity contribution in [1.29, 1.82) is 0 Å². The van der Waals surface area contributed by atoms with E-state index in [0.29, 0.717) is 5.92 Å². The van der Waals surface area contributed by atoms with E-state index in [1.807, 2.05) is 0 Å². The van der Waals surface area contributed by atoms with E-state index in [-0.39, 0.29) is 36.5 Å². The first-order valence-corrected chi connectivity index (χ1v) is 17.8. The molecule has 5 fully saturated rings. The van der Waals surface area contributed by atoms with Crippen molar-refractivity contribution in [3.05, 3.63) is 0 Å². The Labute approximate surface area is 245 Å². The first-order chi connectivity index (χ1) is 19.5. The molecule has 0 radical (unpaired) electrons. The molecule has 5 aliphatic rings. The zero-order valence-electron chi connectivity index (χ0n) is 26.0. The van der Waals surface area contributed by atoms with E-state index in [9.17, 15) is 9.59 Å². The van der Waals surface area contributed by atoms with E-state index in [4.69, 9.17) is 9.47 Å². The molecule has 228 valence electrons. The van der Waals surface area contributed by atoms with Gasteiger partial charge in [0.05, 0.1) is 11.8 Å². The molecule has 4 nitrogen and oxygen atoms in total. The van der Waals surface area contributed by atoms with Crippen LogP contribution in [0.25, 0.3) is 0 Å². The summed E-state index contributed by atoms with van der Waals surface area (Å²) in [5, 5.41) is 0. The standard InChI is InChI=1S/C36H60O4/c1-25-8-12-27(13-9-25)29-16-20-32(21-17-29)35(37)39-24-34(31-6-4-3-5-7-31)40-36(38)33-22-18-30(19-23-33)28-14-10-26(2)11-15-28/h25-34H,3-24H2,1-2H3. The van der Waals surface area contributed by atoms with Gasteiger partial charge in [-0.15, -0.1) is 0 Å². The molecular formula is C36H60O4. The van der Waals surface area contributed by atoms with Crippen molar-refractivity contribution in [1.82, 2.24) is 0 Å². The van der Waals surface area contributed by atoms with Crippen molar-refractivity contribution in [2.24, 2.45) is 53.3 Å². The molecule has 1 unspecified atom stereocenters. The fourth-order valence-corrected chi connectivity index (χ4v) is 9.47. The maximum absolute atomic E-state index is 13.4. The average molecular weight is 557 g/mol. The van der Waals surface area contributed by atoms with Crippen LogP contribution in [0.2, 0.25) is 0 Å². The summed E-state index contributed by atoms with van der Waals surface area (Å²) in [6.07, 6.45) is 25.3. The Morgan fingerprint density at radius 2 is 0.925 bits per heavy atom. The van der Waals surface area contributed by atoms with E-state index >= 15 is 0 Å². The largest absolute Gasteiger partial charge is 0.462 e. The third kappa shape index (κ3) is 8.27. The van der Waals surface area contributed by atoms with Crippen molar-refractivity contribution in [3.8, 4) is 0 Å². The van der Waals surface area contributed by atoms with Gasteiger partial charge in [0, 0.05) is 0 Å². The smallest absolute Gasteiger partial charge is 0.309 e. The lowest BCUT2D eigenvalue weighted by Crippen LogP contribution is -2.38. The van der Waals surface area contributed by atoms with Crippen LogP contribution in [-0.2, 0) is 19.1 Å². The molecule has 4 heteroatoms. The van der Waals surface area contributed by atoms with E-state index in [2.05, 4.69) is 13.8 Å². The van der Waals surface area contributed by atoms with Crippen LogP contribution in [0.4, 0.5) is 0 Å². The molecule has 0 aromatic carbocycles. The molecule has 0 heterocycles. The lowest BCUT2D eigenvalue weighted by Gasteiger charge is -2.37. The van der Waals surface area contributed by atoms with Crippen LogP contribution >= 0.6 is 0 Å². The minimum atomic E-state index is -0.255. The maximum Gasteiger partial charge on any atom is 0.309 e. The average Bonchev–Trinajstić information content (AvgIpc) is 3.00. The molecule has 5 aliphatic carbocycles. The molecule has 40 heavy (non-hydrogen) atoms. The predicted molar refractivity (Wildman–Crippen MR) is 161 cm³/mol. The second-order valence-electron chi connectivity index (χ2n) is 15.3. The van der Waals surface area contributed by atoms with Crippen LogP contribution in [0.1, 0.15) is 149 Å². The van der Waals surface area contributed by atoms with Gasteiger partial charge in [0.1, 0.15) is 12.7 Å². The zero-order valence-corrected chi connectivity index (χ0v) is 26.0. The van der Waals surface area contributed by atoms with Gasteiger partial charge in [-0.1, -0.05) is 58.8 Å². The maximum atomic E-state index is 13.4. The van der Waals surface area contributed by atoms with Gasteiger partial charge in [0.15, 0.2) is 0 Å². The van der Waals surface area contributed by atoms with Crippen LogP contribution in [0.15, 0.2) is 0 Å². The Morgan fingerprint density at radius 1 is 0.525 bits per heavy atom. The molecule has 0 saturated heterocycles. The Hall–Kier alpha value is -1.06. The number of ether oxygens (including phenoxy) is 2. The third-order valence-electron chi connectivity index (χ3n) is 12.5. The van der Waals surface area contributed by atoms with Crippen LogP contribution in [0, 0.1) is 53.3 Å². The summed E-state index contributed by atoms with van der Waals surface area (Å²) in [4.78, 5) is 26.5. The van der Waals surface area contributed by atoms with Crippen LogP contribution in [-0.4, -0.2) is 24.6 Å². The first kappa shape index (κ1) is 30.4. The van der Waals surface area contributed by atoms with Crippen molar-refractivity contribution in [2.45, 2.75) is 155 Å². The van der Waals surface area contributed by atoms with Gasteiger partial charge in [0.2, 0.25) is 0 Å². The van der Waals surface area contributed by atoms with Crippen LogP contribution < -0.4 is 0 Å². The molecule has 5 rings (SSSR count). The lowest BCUT2D eigenvalue weighted by atomic mass is 9.69. The highest BCUT2D eigenvalue weighted by molar-refractivity contribution is 5.73. The van der Waals surface area contributed by atoms with E-state index in [1.165, 1.54) is 96.3 Å². The van der Waals surface area contributed by atoms with Gasteiger partial charge in [-0.2, -0.15) is 0 Å². The SMILES string of the molecule is CC1CCC(C2CCC(C(=O)OCC(OC(=O)C3CCC(C4CCC(C)CC4)CC3)C3CCCCC3)CC2)CC1. The van der Waals surface area contributed by atoms with Crippen molar-refractivity contribution >= 4 is 11.9 Å². The number of carbonyl (C=O) groups is 2. The molecule has 0 N–H and O–H groups in total. The van der Waals surface area contributed by atoms with Crippen LogP contribution in [0.3, 0.4) is 0 Å². The molecule has 5 saturated carbocycles. The molecule has 0 amide bonds. The summed E-state index contributed by atoms with van der Waals surface area (Å²) in [7, 11) is 0. The first-order valence-electron chi connectivity index (χ1n) is 17.8. The van der Waals surface area contributed by atoms with Gasteiger partial charge in [0.25, 0.3) is 0 Å².